The number of hydrogen-bond acceptors (Lipinski definition) is 4. The summed E-state index contributed by atoms with van der Waals surface area (Å²) in [5.74, 6) is 0.900. The largest absolute Gasteiger partial charge is 0.354 e. The molecule has 1 amide bonds. The van der Waals surface area contributed by atoms with E-state index >= 15 is 0 Å². The summed E-state index contributed by atoms with van der Waals surface area (Å²) in [5.41, 5.74) is 2.96. The van der Waals surface area contributed by atoms with Gasteiger partial charge in [0.25, 0.3) is 0 Å². The molecule has 1 aromatic heterocycles. The van der Waals surface area contributed by atoms with Crippen molar-refractivity contribution in [3.8, 4) is 0 Å². The van der Waals surface area contributed by atoms with Crippen LogP contribution in [0.25, 0.3) is 11.0 Å². The van der Waals surface area contributed by atoms with Gasteiger partial charge in [0.05, 0.1) is 15.9 Å². The monoisotopic (exact) mass is 442 g/mol. The van der Waals surface area contributed by atoms with Crippen molar-refractivity contribution in [2.75, 3.05) is 19.6 Å². The summed E-state index contributed by atoms with van der Waals surface area (Å²) in [6.07, 6.45) is 0.913. The Morgan fingerprint density at radius 1 is 1.06 bits per heavy atom. The topological polar surface area (TPSA) is 84.3 Å². The van der Waals surface area contributed by atoms with Gasteiger partial charge in [0.2, 0.25) is 15.9 Å². The van der Waals surface area contributed by atoms with Crippen LogP contribution in [0, 0.1) is 6.92 Å². The van der Waals surface area contributed by atoms with Crippen LogP contribution in [-0.2, 0) is 27.8 Å². The minimum absolute atomic E-state index is 0.0260. The number of nitrogens with zero attached hydrogens (tertiary/aromatic N) is 3. The molecule has 2 aromatic carbocycles. The van der Waals surface area contributed by atoms with E-state index in [9.17, 15) is 13.2 Å². The van der Waals surface area contributed by atoms with Gasteiger partial charge in [-0.2, -0.15) is 4.31 Å². The van der Waals surface area contributed by atoms with Crippen molar-refractivity contribution in [2.45, 2.75) is 45.1 Å². The van der Waals surface area contributed by atoms with Gasteiger partial charge in [0, 0.05) is 32.6 Å². The van der Waals surface area contributed by atoms with E-state index in [4.69, 9.17) is 0 Å². The molecule has 0 bridgehead atoms. The van der Waals surface area contributed by atoms with Crippen LogP contribution in [0.15, 0.2) is 53.4 Å². The Morgan fingerprint density at radius 3 is 2.42 bits per heavy atom. The summed E-state index contributed by atoms with van der Waals surface area (Å²) < 4.78 is 28.6. The number of hydrogen-bond donors (Lipinski definition) is 1. The van der Waals surface area contributed by atoms with Gasteiger partial charge in [-0.1, -0.05) is 38.1 Å². The normalized spacial score (nSPS) is 11.9. The summed E-state index contributed by atoms with van der Waals surface area (Å²) in [7, 11) is -3.46. The highest BCUT2D eigenvalue weighted by atomic mass is 32.2. The zero-order valence-corrected chi connectivity index (χ0v) is 19.2. The highest BCUT2D eigenvalue weighted by Crippen LogP contribution is 2.17. The number of fused-ring (bicyclic) bond motifs is 1. The number of rotatable bonds is 10. The number of aromatic nitrogens is 2. The molecular weight excluding hydrogens is 412 g/mol. The Hall–Kier alpha value is -2.71. The molecule has 0 fully saturated rings. The van der Waals surface area contributed by atoms with Crippen molar-refractivity contribution in [2.24, 2.45) is 0 Å². The molecule has 0 atom stereocenters. The fraction of sp³-hybridized carbons (Fsp3) is 0.391. The molecule has 0 saturated carbocycles. The van der Waals surface area contributed by atoms with E-state index in [1.807, 2.05) is 45.0 Å². The minimum atomic E-state index is -3.46. The second-order valence-corrected chi connectivity index (χ2v) is 9.32. The maximum Gasteiger partial charge on any atom is 0.243 e. The molecule has 3 aromatic rings. The first-order chi connectivity index (χ1) is 14.9. The molecule has 3 rings (SSSR count). The van der Waals surface area contributed by atoms with Crippen molar-refractivity contribution in [1.29, 1.82) is 0 Å². The third-order valence-electron chi connectivity index (χ3n) is 5.41. The average Bonchev–Trinajstić information content (AvgIpc) is 3.08. The van der Waals surface area contributed by atoms with E-state index < -0.39 is 10.0 Å². The lowest BCUT2D eigenvalue weighted by molar-refractivity contribution is -0.121. The highest BCUT2D eigenvalue weighted by molar-refractivity contribution is 7.89. The fourth-order valence-corrected chi connectivity index (χ4v) is 5.13. The molecule has 0 unspecified atom stereocenters. The lowest BCUT2D eigenvalue weighted by Gasteiger charge is -2.18. The maximum atomic E-state index is 12.5. The third-order valence-corrected chi connectivity index (χ3v) is 7.47. The summed E-state index contributed by atoms with van der Waals surface area (Å²) in [6, 6.07) is 14.8. The lowest BCUT2D eigenvalue weighted by Crippen LogP contribution is -2.30. The molecule has 31 heavy (non-hydrogen) atoms. The number of amides is 1. The van der Waals surface area contributed by atoms with Gasteiger partial charge in [-0.25, -0.2) is 13.4 Å². The quantitative estimate of drug-likeness (QED) is 0.523. The summed E-state index contributed by atoms with van der Waals surface area (Å²) >= 11 is 0. The molecule has 166 valence electrons. The van der Waals surface area contributed by atoms with Crippen LogP contribution in [0.4, 0.5) is 0 Å². The van der Waals surface area contributed by atoms with Crippen molar-refractivity contribution < 1.29 is 13.2 Å². The van der Waals surface area contributed by atoms with E-state index in [0.717, 1.165) is 22.4 Å². The first kappa shape index (κ1) is 23.0. The number of sulfonamides is 1. The Balaban J connectivity index is 1.50. The second kappa shape index (κ2) is 10.1. The number of para-hydroxylation sites is 2. The van der Waals surface area contributed by atoms with Gasteiger partial charge in [-0.3, -0.25) is 4.79 Å². The second-order valence-electron chi connectivity index (χ2n) is 7.38. The van der Waals surface area contributed by atoms with E-state index in [1.54, 1.807) is 24.3 Å². The molecule has 8 heteroatoms. The number of aryl methyl sites for hydroxylation is 2. The molecule has 1 N–H and O–H groups in total. The number of nitrogens with one attached hydrogen (secondary N) is 1. The van der Waals surface area contributed by atoms with Crippen molar-refractivity contribution in [3.63, 3.8) is 0 Å². The Kier molecular flexibility index (Phi) is 7.46. The Labute approximate surface area is 184 Å². The first-order valence-corrected chi connectivity index (χ1v) is 12.1. The van der Waals surface area contributed by atoms with Gasteiger partial charge in [0.15, 0.2) is 0 Å². The average molecular weight is 443 g/mol. The van der Waals surface area contributed by atoms with Crippen molar-refractivity contribution in [1.82, 2.24) is 19.2 Å². The van der Waals surface area contributed by atoms with Crippen LogP contribution < -0.4 is 5.32 Å². The number of benzene rings is 2. The predicted octanol–water partition coefficient (Wildman–Crippen LogP) is 3.12. The van der Waals surface area contributed by atoms with E-state index in [2.05, 4.69) is 14.9 Å². The van der Waals surface area contributed by atoms with Crippen molar-refractivity contribution in [3.05, 3.63) is 59.9 Å². The molecule has 0 aliphatic heterocycles. The minimum Gasteiger partial charge on any atom is -0.354 e. The maximum absolute atomic E-state index is 12.5. The Morgan fingerprint density at radius 2 is 1.74 bits per heavy atom. The molecule has 7 nitrogen and oxygen atoms in total. The van der Waals surface area contributed by atoms with Gasteiger partial charge < -0.3 is 9.88 Å². The van der Waals surface area contributed by atoms with Crippen LogP contribution in [-0.4, -0.2) is 47.8 Å². The van der Waals surface area contributed by atoms with E-state index in [1.165, 1.54) is 4.31 Å². The standard InChI is InChI=1S/C23H30N4O3S/c1-4-26(5-2)31(29,30)20-13-10-19(11-14-20)12-15-23(28)24-16-17-27-18(3)25-21-8-6-7-9-22(21)27/h6-11,13-14H,4-5,12,15-17H2,1-3H3,(H,24,28). The Bertz CT molecular complexity index is 1130. The molecule has 0 aliphatic rings. The van der Waals surface area contributed by atoms with Gasteiger partial charge >= 0.3 is 0 Å². The van der Waals surface area contributed by atoms with Crippen LogP contribution in [0.2, 0.25) is 0 Å². The molecular formula is C23H30N4O3S. The highest BCUT2D eigenvalue weighted by Gasteiger charge is 2.21. The van der Waals surface area contributed by atoms with Crippen LogP contribution in [0.3, 0.4) is 0 Å². The molecule has 0 saturated heterocycles. The van der Waals surface area contributed by atoms with Gasteiger partial charge in [-0.05, 0) is 43.2 Å². The molecule has 1 heterocycles. The van der Waals surface area contributed by atoms with Crippen LogP contribution in [0.5, 0.6) is 0 Å². The summed E-state index contributed by atoms with van der Waals surface area (Å²) in [6.45, 7) is 7.68. The first-order valence-electron chi connectivity index (χ1n) is 10.6. The SMILES string of the molecule is CCN(CC)S(=O)(=O)c1ccc(CCC(=O)NCCn2c(C)nc3ccccc32)cc1. The summed E-state index contributed by atoms with van der Waals surface area (Å²) in [4.78, 5) is 17.1. The molecule has 0 aliphatic carbocycles. The zero-order valence-electron chi connectivity index (χ0n) is 18.3. The summed E-state index contributed by atoms with van der Waals surface area (Å²) in [5, 5.41) is 2.96. The van der Waals surface area contributed by atoms with E-state index in [-0.39, 0.29) is 10.8 Å². The fourth-order valence-electron chi connectivity index (χ4n) is 3.67. The number of carbonyl (C=O) groups is 1. The molecule has 0 radical (unpaired) electrons. The zero-order chi connectivity index (χ0) is 22.4. The number of carbonyl (C=O) groups excluding carboxylic acids is 1. The van der Waals surface area contributed by atoms with Crippen molar-refractivity contribution >= 4 is 27.0 Å². The molecule has 0 spiro atoms. The predicted molar refractivity (Wildman–Crippen MR) is 122 cm³/mol. The smallest absolute Gasteiger partial charge is 0.243 e. The third kappa shape index (κ3) is 5.32. The van der Waals surface area contributed by atoms with Gasteiger partial charge in [-0.15, -0.1) is 0 Å². The van der Waals surface area contributed by atoms with Crippen LogP contribution in [0.1, 0.15) is 31.7 Å². The lowest BCUT2D eigenvalue weighted by atomic mass is 10.1. The van der Waals surface area contributed by atoms with Crippen LogP contribution >= 0.6 is 0 Å². The number of imidazole rings is 1. The van der Waals surface area contributed by atoms with Gasteiger partial charge in [0.1, 0.15) is 5.82 Å². The van der Waals surface area contributed by atoms with E-state index in [0.29, 0.717) is 39.0 Å².